The number of benzene rings is 6. The van der Waals surface area contributed by atoms with Crippen LogP contribution in [0.2, 0.25) is 0 Å². The SMILES string of the molecule is c1ccc(-n2cnc3c(-n4c5ccc6ccccc6c5c5ccc6c7ccccc7oc6c54)cccc32)cc1. The molecular formula is C35H21N3O. The van der Waals surface area contributed by atoms with Gasteiger partial charge in [-0.1, -0.05) is 78.9 Å². The molecule has 0 bridgehead atoms. The standard InChI is InChI=1S/C35H21N3O/c1-2-10-23(11-3-1)37-21-36-33-29(37)14-8-15-30(33)38-28-20-17-22-9-4-5-12-24(22)32(28)27-19-18-26-25-13-6-7-16-31(25)39-35(26)34(27)38/h1-21H. The smallest absolute Gasteiger partial charge is 0.160 e. The van der Waals surface area contributed by atoms with E-state index in [0.29, 0.717) is 0 Å². The Bertz CT molecular complexity index is 2390. The third-order valence-electron chi connectivity index (χ3n) is 7.99. The molecule has 4 nitrogen and oxygen atoms in total. The average molecular weight is 500 g/mol. The van der Waals surface area contributed by atoms with E-state index in [1.807, 2.05) is 24.5 Å². The Kier molecular flexibility index (Phi) is 4.02. The van der Waals surface area contributed by atoms with Crippen molar-refractivity contribution in [2.24, 2.45) is 0 Å². The van der Waals surface area contributed by atoms with E-state index in [0.717, 1.165) is 55.4 Å². The van der Waals surface area contributed by atoms with Crippen LogP contribution in [0.5, 0.6) is 0 Å². The second-order valence-corrected chi connectivity index (χ2v) is 10.0. The van der Waals surface area contributed by atoms with Gasteiger partial charge in [-0.05, 0) is 53.2 Å². The molecule has 9 rings (SSSR count). The van der Waals surface area contributed by atoms with Crippen molar-refractivity contribution in [2.45, 2.75) is 0 Å². The van der Waals surface area contributed by atoms with Crippen LogP contribution in [0.25, 0.3) is 76.9 Å². The summed E-state index contributed by atoms with van der Waals surface area (Å²) in [6.07, 6.45) is 1.92. The number of imidazole rings is 1. The van der Waals surface area contributed by atoms with Gasteiger partial charge >= 0.3 is 0 Å². The predicted molar refractivity (Wildman–Crippen MR) is 160 cm³/mol. The van der Waals surface area contributed by atoms with Crippen LogP contribution in [0, 0.1) is 0 Å². The van der Waals surface area contributed by atoms with Gasteiger partial charge in [-0.3, -0.25) is 4.57 Å². The van der Waals surface area contributed by atoms with Crippen molar-refractivity contribution in [1.29, 1.82) is 0 Å². The normalized spacial score (nSPS) is 12.1. The average Bonchev–Trinajstić information content (AvgIpc) is 3.69. The molecule has 39 heavy (non-hydrogen) atoms. The molecule has 0 saturated carbocycles. The van der Waals surface area contributed by atoms with Gasteiger partial charge in [-0.2, -0.15) is 0 Å². The Hall–Kier alpha value is -5.35. The first-order valence-corrected chi connectivity index (χ1v) is 13.1. The Morgan fingerprint density at radius 2 is 1.36 bits per heavy atom. The topological polar surface area (TPSA) is 35.9 Å². The number of rotatable bonds is 2. The van der Waals surface area contributed by atoms with Gasteiger partial charge in [0.2, 0.25) is 0 Å². The summed E-state index contributed by atoms with van der Waals surface area (Å²) in [7, 11) is 0. The van der Waals surface area contributed by atoms with Crippen molar-refractivity contribution < 1.29 is 4.42 Å². The molecule has 0 N–H and O–H groups in total. The lowest BCUT2D eigenvalue weighted by Crippen LogP contribution is -1.96. The maximum absolute atomic E-state index is 6.61. The minimum atomic E-state index is 0.897. The van der Waals surface area contributed by atoms with E-state index in [4.69, 9.17) is 9.40 Å². The fraction of sp³-hybridized carbons (Fsp3) is 0. The Balaban J connectivity index is 1.49. The highest BCUT2D eigenvalue weighted by Gasteiger charge is 2.22. The van der Waals surface area contributed by atoms with Crippen LogP contribution in [0.15, 0.2) is 132 Å². The first kappa shape index (κ1) is 20.7. The van der Waals surface area contributed by atoms with Gasteiger partial charge in [0.15, 0.2) is 5.58 Å². The molecule has 9 aromatic rings. The molecule has 0 atom stereocenters. The number of aromatic nitrogens is 3. The fourth-order valence-electron chi connectivity index (χ4n) is 6.30. The summed E-state index contributed by atoms with van der Waals surface area (Å²) in [5.74, 6) is 0. The molecule has 0 saturated heterocycles. The molecule has 0 aliphatic heterocycles. The van der Waals surface area contributed by atoms with Gasteiger partial charge in [0.05, 0.1) is 22.2 Å². The van der Waals surface area contributed by atoms with Crippen molar-refractivity contribution in [3.63, 3.8) is 0 Å². The third-order valence-corrected chi connectivity index (χ3v) is 7.99. The largest absolute Gasteiger partial charge is 0.454 e. The summed E-state index contributed by atoms with van der Waals surface area (Å²) in [6.45, 7) is 0. The lowest BCUT2D eigenvalue weighted by Gasteiger charge is -2.10. The van der Waals surface area contributed by atoms with E-state index < -0.39 is 0 Å². The zero-order valence-electron chi connectivity index (χ0n) is 20.9. The minimum Gasteiger partial charge on any atom is -0.454 e. The van der Waals surface area contributed by atoms with Crippen LogP contribution in [-0.4, -0.2) is 14.1 Å². The van der Waals surface area contributed by atoms with E-state index in [9.17, 15) is 0 Å². The predicted octanol–water partition coefficient (Wildman–Crippen LogP) is 9.18. The van der Waals surface area contributed by atoms with Gasteiger partial charge < -0.3 is 8.98 Å². The summed E-state index contributed by atoms with van der Waals surface area (Å²) >= 11 is 0. The number of hydrogen-bond donors (Lipinski definition) is 0. The molecule has 3 heterocycles. The van der Waals surface area contributed by atoms with Crippen LogP contribution in [0.4, 0.5) is 0 Å². The van der Waals surface area contributed by atoms with Crippen molar-refractivity contribution in [2.75, 3.05) is 0 Å². The summed E-state index contributed by atoms with van der Waals surface area (Å²) in [5.41, 5.74) is 8.13. The molecule has 0 unspecified atom stereocenters. The molecule has 6 aromatic carbocycles. The first-order valence-electron chi connectivity index (χ1n) is 13.1. The molecular weight excluding hydrogens is 478 g/mol. The molecule has 182 valence electrons. The lowest BCUT2D eigenvalue weighted by atomic mass is 10.0. The number of para-hydroxylation sites is 3. The zero-order valence-corrected chi connectivity index (χ0v) is 20.9. The second kappa shape index (κ2) is 7.59. The van der Waals surface area contributed by atoms with Gasteiger partial charge in [-0.25, -0.2) is 4.98 Å². The van der Waals surface area contributed by atoms with E-state index >= 15 is 0 Å². The second-order valence-electron chi connectivity index (χ2n) is 10.0. The van der Waals surface area contributed by atoms with Gasteiger partial charge in [0.25, 0.3) is 0 Å². The molecule has 0 spiro atoms. The van der Waals surface area contributed by atoms with Gasteiger partial charge in [0, 0.05) is 27.2 Å². The van der Waals surface area contributed by atoms with Crippen LogP contribution in [0.1, 0.15) is 0 Å². The van der Waals surface area contributed by atoms with Crippen molar-refractivity contribution >= 4 is 65.6 Å². The zero-order chi connectivity index (χ0) is 25.5. The number of fused-ring (bicyclic) bond motifs is 10. The maximum Gasteiger partial charge on any atom is 0.160 e. The fourth-order valence-corrected chi connectivity index (χ4v) is 6.30. The van der Waals surface area contributed by atoms with E-state index in [-0.39, 0.29) is 0 Å². The molecule has 0 fully saturated rings. The van der Waals surface area contributed by atoms with Crippen LogP contribution < -0.4 is 0 Å². The summed E-state index contributed by atoms with van der Waals surface area (Å²) in [4.78, 5) is 4.96. The van der Waals surface area contributed by atoms with Crippen LogP contribution in [-0.2, 0) is 0 Å². The molecule has 0 amide bonds. The highest BCUT2D eigenvalue weighted by atomic mass is 16.3. The number of hydrogen-bond acceptors (Lipinski definition) is 2. The molecule has 0 aliphatic carbocycles. The summed E-state index contributed by atoms with van der Waals surface area (Å²) < 4.78 is 11.1. The van der Waals surface area contributed by atoms with Crippen molar-refractivity contribution in [3.05, 3.63) is 128 Å². The monoisotopic (exact) mass is 499 g/mol. The summed E-state index contributed by atoms with van der Waals surface area (Å²) in [5, 5.41) is 7.10. The minimum absolute atomic E-state index is 0.897. The molecule has 3 aromatic heterocycles. The van der Waals surface area contributed by atoms with Gasteiger partial charge in [0.1, 0.15) is 17.4 Å². The van der Waals surface area contributed by atoms with Crippen molar-refractivity contribution in [3.8, 4) is 11.4 Å². The number of furan rings is 1. The van der Waals surface area contributed by atoms with E-state index in [2.05, 4.69) is 112 Å². The number of nitrogens with zero attached hydrogens (tertiary/aromatic N) is 3. The maximum atomic E-state index is 6.61. The third kappa shape index (κ3) is 2.75. The molecule has 0 radical (unpaired) electrons. The molecule has 4 heteroatoms. The van der Waals surface area contributed by atoms with Crippen LogP contribution >= 0.6 is 0 Å². The first-order chi connectivity index (χ1) is 19.4. The molecule has 0 aliphatic rings. The van der Waals surface area contributed by atoms with Crippen LogP contribution in [0.3, 0.4) is 0 Å². The Morgan fingerprint density at radius 1 is 0.564 bits per heavy atom. The summed E-state index contributed by atoms with van der Waals surface area (Å²) in [6, 6.07) is 42.6. The Morgan fingerprint density at radius 3 is 2.28 bits per heavy atom. The van der Waals surface area contributed by atoms with Gasteiger partial charge in [-0.15, -0.1) is 0 Å². The van der Waals surface area contributed by atoms with Crippen molar-refractivity contribution in [1.82, 2.24) is 14.1 Å². The Labute approximate surface area is 222 Å². The highest BCUT2D eigenvalue weighted by molar-refractivity contribution is 6.27. The highest BCUT2D eigenvalue weighted by Crippen LogP contribution is 2.43. The lowest BCUT2D eigenvalue weighted by molar-refractivity contribution is 0.671. The van der Waals surface area contributed by atoms with E-state index in [1.54, 1.807) is 0 Å². The quantitative estimate of drug-likeness (QED) is 0.238. The van der Waals surface area contributed by atoms with E-state index in [1.165, 1.54) is 21.5 Å².